The van der Waals surface area contributed by atoms with E-state index in [-0.39, 0.29) is 0 Å². The highest BCUT2D eigenvalue weighted by atomic mass is 16.4. The fourth-order valence-electron chi connectivity index (χ4n) is 0.629. The highest BCUT2D eigenvalue weighted by Crippen LogP contribution is 2.05. The van der Waals surface area contributed by atoms with Gasteiger partial charge in [-0.15, -0.1) is 0 Å². The second-order valence-corrected chi connectivity index (χ2v) is 2.55. The van der Waals surface area contributed by atoms with Gasteiger partial charge in [-0.2, -0.15) is 0 Å². The lowest BCUT2D eigenvalue weighted by molar-refractivity contribution is -0.0701. The van der Waals surface area contributed by atoms with E-state index in [4.69, 9.17) is 21.7 Å². The Morgan fingerprint density at radius 3 is 2.30 bits per heavy atom. The number of nitrogens with two attached hydrogens (primary N) is 2. The zero-order chi connectivity index (χ0) is 8.20. The summed E-state index contributed by atoms with van der Waals surface area (Å²) in [5.41, 5.74) is 10.0. The molecule has 0 saturated heterocycles. The summed E-state index contributed by atoms with van der Waals surface area (Å²) in [6.07, 6.45) is 1.19. The van der Waals surface area contributed by atoms with Gasteiger partial charge in [0.2, 0.25) is 0 Å². The van der Waals surface area contributed by atoms with Crippen LogP contribution in [0.2, 0.25) is 0 Å². The predicted molar refractivity (Wildman–Crippen MR) is 38.9 cm³/mol. The highest BCUT2D eigenvalue weighted by molar-refractivity contribution is 4.72. The molecule has 0 saturated carbocycles. The molecule has 0 aliphatic rings. The fourth-order valence-corrected chi connectivity index (χ4v) is 0.629. The minimum atomic E-state index is -1.94. The van der Waals surface area contributed by atoms with E-state index < -0.39 is 12.0 Å². The Morgan fingerprint density at radius 2 is 2.00 bits per heavy atom. The largest absolute Gasteiger partial charge is 0.387 e. The van der Waals surface area contributed by atoms with Crippen LogP contribution >= 0.6 is 0 Å². The van der Waals surface area contributed by atoms with Gasteiger partial charge in [0.1, 0.15) is 6.10 Å². The van der Waals surface area contributed by atoms with Crippen LogP contribution in [-0.4, -0.2) is 22.2 Å². The van der Waals surface area contributed by atoms with Crippen molar-refractivity contribution >= 4 is 0 Å². The van der Waals surface area contributed by atoms with Gasteiger partial charge in [-0.25, -0.2) is 0 Å². The van der Waals surface area contributed by atoms with Crippen molar-refractivity contribution in [3.63, 3.8) is 0 Å². The molecule has 0 aromatic carbocycles. The Balaban J connectivity index is 3.52. The Hall–Kier alpha value is -0.160. The monoisotopic (exact) mass is 148 g/mol. The van der Waals surface area contributed by atoms with Crippen LogP contribution in [0.1, 0.15) is 26.2 Å². The van der Waals surface area contributed by atoms with Crippen LogP contribution in [-0.2, 0) is 0 Å². The van der Waals surface area contributed by atoms with Crippen molar-refractivity contribution < 1.29 is 10.2 Å². The molecule has 6 N–H and O–H groups in total. The first-order valence-electron chi connectivity index (χ1n) is 3.46. The van der Waals surface area contributed by atoms with Gasteiger partial charge in [0.05, 0.1) is 0 Å². The number of unbranched alkanes of at least 4 members (excludes halogenated alkanes) is 1. The first-order chi connectivity index (χ1) is 4.48. The van der Waals surface area contributed by atoms with E-state index in [1.807, 2.05) is 6.92 Å². The van der Waals surface area contributed by atoms with Crippen LogP contribution in [0, 0.1) is 0 Å². The summed E-state index contributed by atoms with van der Waals surface area (Å²) in [7, 11) is 0. The van der Waals surface area contributed by atoms with Crippen LogP contribution in [0.4, 0.5) is 0 Å². The summed E-state index contributed by atoms with van der Waals surface area (Å²) in [4.78, 5) is 0. The van der Waals surface area contributed by atoms with Crippen LogP contribution in [0.3, 0.4) is 0 Å². The summed E-state index contributed by atoms with van der Waals surface area (Å²) in [5.74, 6) is -1.94. The van der Waals surface area contributed by atoms with Crippen molar-refractivity contribution in [1.29, 1.82) is 0 Å². The molecule has 4 nitrogen and oxygen atoms in total. The Kier molecular flexibility index (Phi) is 3.81. The third-order valence-electron chi connectivity index (χ3n) is 1.36. The molecule has 0 aromatic heterocycles. The van der Waals surface area contributed by atoms with E-state index in [1.165, 1.54) is 0 Å². The van der Waals surface area contributed by atoms with Crippen LogP contribution < -0.4 is 11.5 Å². The van der Waals surface area contributed by atoms with E-state index in [1.54, 1.807) is 0 Å². The third-order valence-corrected chi connectivity index (χ3v) is 1.36. The molecule has 10 heavy (non-hydrogen) atoms. The molecule has 0 aliphatic heterocycles. The normalized spacial score (nSPS) is 15.3. The standard InChI is InChI=1S/C6H16N2O2/c1-2-3-4-5(9)6(7,8)10/h5,9-10H,2-4,7-8H2,1H3. The number of hydrogen-bond acceptors (Lipinski definition) is 4. The van der Waals surface area contributed by atoms with Gasteiger partial charge in [0.15, 0.2) is 5.85 Å². The molecule has 0 bridgehead atoms. The molecule has 0 aliphatic carbocycles. The van der Waals surface area contributed by atoms with Gasteiger partial charge in [-0.05, 0) is 6.42 Å². The lowest BCUT2D eigenvalue weighted by Crippen LogP contribution is -2.58. The van der Waals surface area contributed by atoms with Gasteiger partial charge in [-0.3, -0.25) is 11.5 Å². The second kappa shape index (κ2) is 3.88. The molecule has 0 spiro atoms. The molecule has 1 unspecified atom stereocenters. The number of aliphatic hydroxyl groups is 2. The zero-order valence-electron chi connectivity index (χ0n) is 6.25. The summed E-state index contributed by atoms with van der Waals surface area (Å²) in [6.45, 7) is 1.98. The van der Waals surface area contributed by atoms with Gasteiger partial charge < -0.3 is 10.2 Å². The average Bonchev–Trinajstić information content (AvgIpc) is 1.80. The maximum atomic E-state index is 9.02. The van der Waals surface area contributed by atoms with Gasteiger partial charge in [0, 0.05) is 0 Å². The van der Waals surface area contributed by atoms with Crippen LogP contribution in [0.15, 0.2) is 0 Å². The van der Waals surface area contributed by atoms with E-state index in [2.05, 4.69) is 0 Å². The maximum Gasteiger partial charge on any atom is 0.193 e. The minimum Gasteiger partial charge on any atom is -0.387 e. The molecule has 0 rings (SSSR count). The molecule has 0 amide bonds. The molecular weight excluding hydrogens is 132 g/mol. The lowest BCUT2D eigenvalue weighted by Gasteiger charge is -2.23. The van der Waals surface area contributed by atoms with Crippen molar-refractivity contribution in [1.82, 2.24) is 0 Å². The summed E-state index contributed by atoms with van der Waals surface area (Å²) in [6, 6.07) is 0. The second-order valence-electron chi connectivity index (χ2n) is 2.55. The Labute approximate surface area is 60.8 Å². The minimum absolute atomic E-state index is 0.444. The maximum absolute atomic E-state index is 9.02. The van der Waals surface area contributed by atoms with E-state index in [0.717, 1.165) is 12.8 Å². The van der Waals surface area contributed by atoms with Crippen LogP contribution in [0.25, 0.3) is 0 Å². The molecule has 0 heterocycles. The summed E-state index contributed by atoms with van der Waals surface area (Å²) >= 11 is 0. The molecule has 0 radical (unpaired) electrons. The number of aliphatic hydroxyl groups excluding tert-OH is 1. The van der Waals surface area contributed by atoms with E-state index in [9.17, 15) is 0 Å². The van der Waals surface area contributed by atoms with Crippen molar-refractivity contribution in [2.24, 2.45) is 11.5 Å². The van der Waals surface area contributed by atoms with Crippen molar-refractivity contribution in [3.05, 3.63) is 0 Å². The molecule has 0 fully saturated rings. The first-order valence-corrected chi connectivity index (χ1v) is 3.46. The molecule has 4 heteroatoms. The van der Waals surface area contributed by atoms with Crippen molar-refractivity contribution in [2.75, 3.05) is 0 Å². The van der Waals surface area contributed by atoms with Gasteiger partial charge >= 0.3 is 0 Å². The summed E-state index contributed by atoms with van der Waals surface area (Å²) in [5, 5.41) is 17.8. The molecular formula is C6H16N2O2. The quantitative estimate of drug-likeness (QED) is 0.389. The Bertz CT molecular complexity index is 90.2. The molecule has 0 aromatic rings. The van der Waals surface area contributed by atoms with Crippen LogP contribution in [0.5, 0.6) is 0 Å². The van der Waals surface area contributed by atoms with Crippen molar-refractivity contribution in [3.8, 4) is 0 Å². The highest BCUT2D eigenvalue weighted by Gasteiger charge is 2.24. The smallest absolute Gasteiger partial charge is 0.193 e. The van der Waals surface area contributed by atoms with Crippen molar-refractivity contribution in [2.45, 2.75) is 38.1 Å². The third kappa shape index (κ3) is 3.79. The van der Waals surface area contributed by atoms with E-state index in [0.29, 0.717) is 6.42 Å². The fraction of sp³-hybridized carbons (Fsp3) is 1.00. The molecule has 62 valence electrons. The zero-order valence-corrected chi connectivity index (χ0v) is 6.25. The summed E-state index contributed by atoms with van der Waals surface area (Å²) < 4.78 is 0. The number of rotatable bonds is 4. The average molecular weight is 148 g/mol. The lowest BCUT2D eigenvalue weighted by atomic mass is 10.1. The number of hydrogen-bond donors (Lipinski definition) is 4. The van der Waals surface area contributed by atoms with Gasteiger partial charge in [-0.1, -0.05) is 19.8 Å². The first kappa shape index (κ1) is 9.84. The predicted octanol–water partition coefficient (Wildman–Crippen LogP) is -0.899. The molecule has 1 atom stereocenters. The topological polar surface area (TPSA) is 92.5 Å². The van der Waals surface area contributed by atoms with Gasteiger partial charge in [0.25, 0.3) is 0 Å². The SMILES string of the molecule is CCCCC(O)C(N)(N)O. The van der Waals surface area contributed by atoms with E-state index >= 15 is 0 Å². The Morgan fingerprint density at radius 1 is 1.50 bits per heavy atom.